The maximum atomic E-state index is 13.4. The van der Waals surface area contributed by atoms with E-state index in [1.165, 1.54) is 24.4 Å². The van der Waals surface area contributed by atoms with Gasteiger partial charge in [-0.2, -0.15) is 0 Å². The predicted octanol–water partition coefficient (Wildman–Crippen LogP) is 3.35. The molecule has 0 atom stereocenters. The highest BCUT2D eigenvalue weighted by molar-refractivity contribution is 6.08. The molecule has 0 saturated heterocycles. The molecule has 20 heavy (non-hydrogen) atoms. The van der Waals surface area contributed by atoms with E-state index in [0.717, 1.165) is 18.2 Å². The van der Waals surface area contributed by atoms with Crippen molar-refractivity contribution in [2.24, 2.45) is 0 Å². The Labute approximate surface area is 110 Å². The van der Waals surface area contributed by atoms with E-state index >= 15 is 0 Å². The molecule has 2 aromatic rings. The summed E-state index contributed by atoms with van der Waals surface area (Å²) in [5.41, 5.74) is -0.610. The maximum absolute atomic E-state index is 13.4. The number of nitrogens with zero attached hydrogens (tertiary/aromatic N) is 1. The van der Waals surface area contributed by atoms with E-state index in [1.807, 2.05) is 0 Å². The number of benzene rings is 1. The standard InChI is InChI=1S/C13H7F4NO2/c14-10-5-2-6-18-11(10)12(19)8-3-1-4-9(7-8)20-13(15,16)17/h1-7H. The zero-order valence-corrected chi connectivity index (χ0v) is 9.82. The van der Waals surface area contributed by atoms with E-state index in [1.54, 1.807) is 0 Å². The normalized spacial score (nSPS) is 11.2. The van der Waals surface area contributed by atoms with Gasteiger partial charge in [0.05, 0.1) is 0 Å². The van der Waals surface area contributed by atoms with Gasteiger partial charge in [-0.1, -0.05) is 12.1 Å². The molecule has 1 aromatic carbocycles. The molecule has 0 saturated carbocycles. The van der Waals surface area contributed by atoms with Gasteiger partial charge >= 0.3 is 6.36 Å². The number of alkyl halides is 3. The largest absolute Gasteiger partial charge is 0.573 e. The van der Waals surface area contributed by atoms with Crippen LogP contribution in [0.3, 0.4) is 0 Å². The summed E-state index contributed by atoms with van der Waals surface area (Å²) in [5.74, 6) is -2.23. The molecule has 3 nitrogen and oxygen atoms in total. The Morgan fingerprint density at radius 2 is 1.90 bits per heavy atom. The molecule has 0 amide bonds. The average molecular weight is 285 g/mol. The van der Waals surface area contributed by atoms with E-state index in [4.69, 9.17) is 0 Å². The minimum atomic E-state index is -4.86. The Bertz CT molecular complexity index is 640. The molecular weight excluding hydrogens is 278 g/mol. The van der Waals surface area contributed by atoms with Crippen molar-refractivity contribution >= 4 is 5.78 Å². The minimum Gasteiger partial charge on any atom is -0.406 e. The monoisotopic (exact) mass is 285 g/mol. The van der Waals surface area contributed by atoms with Gasteiger partial charge in [-0.15, -0.1) is 13.2 Å². The molecule has 7 heteroatoms. The third kappa shape index (κ3) is 3.31. The van der Waals surface area contributed by atoms with Crippen molar-refractivity contribution in [3.63, 3.8) is 0 Å². The average Bonchev–Trinajstić information content (AvgIpc) is 2.37. The number of ketones is 1. The third-order valence-corrected chi connectivity index (χ3v) is 2.30. The zero-order valence-electron chi connectivity index (χ0n) is 9.82. The van der Waals surface area contributed by atoms with Gasteiger partial charge in [-0.05, 0) is 24.3 Å². The van der Waals surface area contributed by atoms with Crippen molar-refractivity contribution in [3.8, 4) is 5.75 Å². The van der Waals surface area contributed by atoms with Crippen LogP contribution in [0.1, 0.15) is 16.1 Å². The van der Waals surface area contributed by atoms with Crippen LogP contribution in [0, 0.1) is 5.82 Å². The molecule has 0 unspecified atom stereocenters. The Hall–Kier alpha value is -2.44. The Balaban J connectivity index is 2.32. The molecule has 0 N–H and O–H groups in total. The first-order chi connectivity index (χ1) is 9.37. The van der Waals surface area contributed by atoms with E-state index in [9.17, 15) is 22.4 Å². The van der Waals surface area contributed by atoms with Gasteiger partial charge in [-0.3, -0.25) is 4.79 Å². The first kappa shape index (κ1) is 14.0. The maximum Gasteiger partial charge on any atom is 0.573 e. The number of halogens is 4. The van der Waals surface area contributed by atoms with E-state index in [0.29, 0.717) is 0 Å². The van der Waals surface area contributed by atoms with Crippen LogP contribution in [0.15, 0.2) is 42.6 Å². The smallest absolute Gasteiger partial charge is 0.406 e. The second-order valence-electron chi connectivity index (χ2n) is 3.74. The summed E-state index contributed by atoms with van der Waals surface area (Å²) < 4.78 is 53.3. The molecular formula is C13H7F4NO2. The summed E-state index contributed by atoms with van der Waals surface area (Å²) in [4.78, 5) is 15.5. The molecule has 1 heterocycles. The van der Waals surface area contributed by atoms with Crippen LogP contribution in [-0.4, -0.2) is 17.1 Å². The highest BCUT2D eigenvalue weighted by Crippen LogP contribution is 2.24. The van der Waals surface area contributed by atoms with Crippen LogP contribution in [0.25, 0.3) is 0 Å². The summed E-state index contributed by atoms with van der Waals surface area (Å²) in [7, 11) is 0. The predicted molar refractivity (Wildman–Crippen MR) is 60.8 cm³/mol. The molecule has 0 bridgehead atoms. The number of carbonyl (C=O) groups excluding carboxylic acids is 1. The number of pyridine rings is 1. The van der Waals surface area contributed by atoms with E-state index in [2.05, 4.69) is 9.72 Å². The van der Waals surface area contributed by atoms with E-state index in [-0.39, 0.29) is 5.56 Å². The first-order valence-electron chi connectivity index (χ1n) is 5.38. The second kappa shape index (κ2) is 5.28. The topological polar surface area (TPSA) is 39.2 Å². The van der Waals surface area contributed by atoms with Gasteiger partial charge in [-0.25, -0.2) is 9.37 Å². The van der Waals surface area contributed by atoms with Gasteiger partial charge < -0.3 is 4.74 Å². The van der Waals surface area contributed by atoms with E-state index < -0.39 is 29.4 Å². The van der Waals surface area contributed by atoms with Crippen LogP contribution >= 0.6 is 0 Å². The van der Waals surface area contributed by atoms with Gasteiger partial charge in [0.15, 0.2) is 5.82 Å². The fraction of sp³-hybridized carbons (Fsp3) is 0.0769. The lowest BCUT2D eigenvalue weighted by molar-refractivity contribution is -0.274. The van der Waals surface area contributed by atoms with Crippen molar-refractivity contribution in [1.82, 2.24) is 4.98 Å². The van der Waals surface area contributed by atoms with Crippen LogP contribution < -0.4 is 4.74 Å². The molecule has 0 spiro atoms. The number of hydrogen-bond acceptors (Lipinski definition) is 3. The van der Waals surface area contributed by atoms with Crippen molar-refractivity contribution in [2.75, 3.05) is 0 Å². The zero-order chi connectivity index (χ0) is 14.8. The Kier molecular flexibility index (Phi) is 3.69. The summed E-state index contributed by atoms with van der Waals surface area (Å²) in [6, 6.07) is 6.71. The summed E-state index contributed by atoms with van der Waals surface area (Å²) in [6.45, 7) is 0. The lowest BCUT2D eigenvalue weighted by atomic mass is 10.1. The lowest BCUT2D eigenvalue weighted by Gasteiger charge is -2.09. The highest BCUT2D eigenvalue weighted by Gasteiger charge is 2.31. The van der Waals surface area contributed by atoms with Crippen molar-refractivity contribution < 1.29 is 27.1 Å². The second-order valence-corrected chi connectivity index (χ2v) is 3.74. The summed E-state index contributed by atoms with van der Waals surface area (Å²) in [5, 5.41) is 0. The molecule has 0 fully saturated rings. The molecule has 0 aliphatic heterocycles. The van der Waals surface area contributed by atoms with Crippen LogP contribution in [0.5, 0.6) is 5.75 Å². The summed E-state index contributed by atoms with van der Waals surface area (Å²) >= 11 is 0. The van der Waals surface area contributed by atoms with Gasteiger partial charge in [0.25, 0.3) is 0 Å². The number of rotatable bonds is 3. The fourth-order valence-corrected chi connectivity index (χ4v) is 1.52. The first-order valence-corrected chi connectivity index (χ1v) is 5.38. The Morgan fingerprint density at radius 1 is 1.15 bits per heavy atom. The van der Waals surface area contributed by atoms with Crippen molar-refractivity contribution in [3.05, 3.63) is 59.7 Å². The SMILES string of the molecule is O=C(c1cccc(OC(F)(F)F)c1)c1ncccc1F. The third-order valence-electron chi connectivity index (χ3n) is 2.30. The molecule has 2 rings (SSSR count). The van der Waals surface area contributed by atoms with Gasteiger partial charge in [0.2, 0.25) is 5.78 Å². The minimum absolute atomic E-state index is 0.149. The number of hydrogen-bond donors (Lipinski definition) is 0. The summed E-state index contributed by atoms with van der Waals surface area (Å²) in [6.07, 6.45) is -3.65. The quantitative estimate of drug-likeness (QED) is 0.641. The molecule has 0 aliphatic carbocycles. The Morgan fingerprint density at radius 3 is 2.55 bits per heavy atom. The number of aromatic nitrogens is 1. The molecule has 0 aliphatic rings. The number of carbonyl (C=O) groups is 1. The van der Waals surface area contributed by atoms with Crippen LogP contribution in [0.2, 0.25) is 0 Å². The van der Waals surface area contributed by atoms with Gasteiger partial charge in [0, 0.05) is 11.8 Å². The molecule has 1 aromatic heterocycles. The molecule has 0 radical (unpaired) electrons. The van der Waals surface area contributed by atoms with Crippen molar-refractivity contribution in [1.29, 1.82) is 0 Å². The van der Waals surface area contributed by atoms with Crippen LogP contribution in [0.4, 0.5) is 17.6 Å². The van der Waals surface area contributed by atoms with Crippen molar-refractivity contribution in [2.45, 2.75) is 6.36 Å². The lowest BCUT2D eigenvalue weighted by Crippen LogP contribution is -2.17. The van der Waals surface area contributed by atoms with Gasteiger partial charge in [0.1, 0.15) is 11.4 Å². The van der Waals surface area contributed by atoms with Crippen LogP contribution in [-0.2, 0) is 0 Å². The fourth-order valence-electron chi connectivity index (χ4n) is 1.52. The number of ether oxygens (including phenoxy) is 1. The highest BCUT2D eigenvalue weighted by atomic mass is 19.4. The molecule has 104 valence electrons.